The maximum absolute atomic E-state index is 11.6. The topological polar surface area (TPSA) is 32.3 Å². The summed E-state index contributed by atoms with van der Waals surface area (Å²) in [6.07, 6.45) is 5.13. The Morgan fingerprint density at radius 1 is 1.24 bits per heavy atom. The smallest absolute Gasteiger partial charge is 0.236 e. The lowest BCUT2D eigenvalue weighted by Crippen LogP contribution is -2.47. The molecule has 1 aliphatic carbocycles. The summed E-state index contributed by atoms with van der Waals surface area (Å²) in [5, 5.41) is 3.47. The summed E-state index contributed by atoms with van der Waals surface area (Å²) in [5.74, 6) is 0.856. The molecule has 1 amide bonds. The molecule has 100 valence electrons. The van der Waals surface area contributed by atoms with Crippen molar-refractivity contribution in [3.63, 3.8) is 0 Å². The van der Waals surface area contributed by atoms with Crippen molar-refractivity contribution < 1.29 is 4.79 Å². The van der Waals surface area contributed by atoms with Crippen molar-refractivity contribution in [2.24, 2.45) is 11.3 Å². The van der Waals surface area contributed by atoms with Crippen molar-refractivity contribution in [3.8, 4) is 0 Å². The highest BCUT2D eigenvalue weighted by atomic mass is 16.2. The molecule has 0 heterocycles. The zero-order valence-corrected chi connectivity index (χ0v) is 12.0. The third kappa shape index (κ3) is 4.30. The molecule has 1 rings (SSSR count). The lowest BCUT2D eigenvalue weighted by atomic mass is 9.69. The van der Waals surface area contributed by atoms with Gasteiger partial charge in [-0.05, 0) is 24.2 Å². The fourth-order valence-corrected chi connectivity index (χ4v) is 2.79. The van der Waals surface area contributed by atoms with Gasteiger partial charge in [0.2, 0.25) is 5.91 Å². The Morgan fingerprint density at radius 2 is 1.82 bits per heavy atom. The van der Waals surface area contributed by atoms with Gasteiger partial charge in [0.05, 0.1) is 6.54 Å². The molecule has 0 radical (unpaired) electrons. The van der Waals surface area contributed by atoms with Gasteiger partial charge < -0.3 is 10.2 Å². The second-order valence-corrected chi connectivity index (χ2v) is 6.53. The number of hydrogen-bond donors (Lipinski definition) is 1. The molecular weight excluding hydrogens is 212 g/mol. The van der Waals surface area contributed by atoms with Crippen LogP contribution < -0.4 is 5.32 Å². The van der Waals surface area contributed by atoms with Crippen LogP contribution in [-0.4, -0.2) is 37.5 Å². The Morgan fingerprint density at radius 3 is 2.35 bits per heavy atom. The van der Waals surface area contributed by atoms with E-state index < -0.39 is 0 Å². The molecule has 3 heteroatoms. The van der Waals surface area contributed by atoms with E-state index in [2.05, 4.69) is 26.1 Å². The fourth-order valence-electron chi connectivity index (χ4n) is 2.79. The molecule has 1 N–H and O–H groups in total. The molecule has 0 saturated heterocycles. The lowest BCUT2D eigenvalue weighted by molar-refractivity contribution is -0.128. The van der Waals surface area contributed by atoms with E-state index in [1.165, 1.54) is 25.7 Å². The van der Waals surface area contributed by atoms with Gasteiger partial charge in [-0.25, -0.2) is 0 Å². The molecule has 1 saturated carbocycles. The van der Waals surface area contributed by atoms with Crippen molar-refractivity contribution in [1.82, 2.24) is 10.2 Å². The zero-order valence-electron chi connectivity index (χ0n) is 12.0. The Kier molecular flexibility index (Phi) is 4.99. The summed E-state index contributed by atoms with van der Waals surface area (Å²) in [5.41, 5.74) is 0.333. The summed E-state index contributed by atoms with van der Waals surface area (Å²) in [7, 11) is 3.62. The van der Waals surface area contributed by atoms with Crippen LogP contribution in [0.1, 0.15) is 46.5 Å². The molecule has 0 spiro atoms. The van der Waals surface area contributed by atoms with Crippen LogP contribution in [0.3, 0.4) is 0 Å². The summed E-state index contributed by atoms with van der Waals surface area (Å²) >= 11 is 0. The van der Waals surface area contributed by atoms with Crippen molar-refractivity contribution in [2.75, 3.05) is 20.6 Å². The first kappa shape index (κ1) is 14.5. The van der Waals surface area contributed by atoms with Crippen LogP contribution in [0.4, 0.5) is 0 Å². The molecule has 2 atom stereocenters. The molecule has 1 fully saturated rings. The van der Waals surface area contributed by atoms with E-state index in [1.807, 2.05) is 14.1 Å². The van der Waals surface area contributed by atoms with Gasteiger partial charge >= 0.3 is 0 Å². The van der Waals surface area contributed by atoms with Gasteiger partial charge in [-0.15, -0.1) is 0 Å². The van der Waals surface area contributed by atoms with Crippen LogP contribution in [-0.2, 0) is 4.79 Å². The molecule has 0 aliphatic heterocycles. The number of amides is 1. The van der Waals surface area contributed by atoms with E-state index in [1.54, 1.807) is 4.90 Å². The number of nitrogens with zero attached hydrogens (tertiary/aromatic N) is 1. The Hall–Kier alpha value is -0.570. The van der Waals surface area contributed by atoms with Gasteiger partial charge in [0.15, 0.2) is 0 Å². The Balaban J connectivity index is 2.52. The predicted octanol–water partition coefficient (Wildman–Crippen LogP) is 2.27. The average Bonchev–Trinajstić information content (AvgIpc) is 2.24. The molecular formula is C14H28N2O. The standard InChI is InChI=1S/C14H28N2O/c1-14(2,3)11-8-6-7-9-12(11)15-10-13(17)16(4)5/h11-12,15H,6-10H2,1-5H3/t11-,12-/m0/s1. The van der Waals surface area contributed by atoms with Crippen LogP contribution in [0, 0.1) is 11.3 Å². The molecule has 0 aromatic carbocycles. The second kappa shape index (κ2) is 5.85. The summed E-state index contributed by atoms with van der Waals surface area (Å²) in [6, 6.07) is 0.507. The molecule has 1 aliphatic rings. The molecule has 17 heavy (non-hydrogen) atoms. The van der Waals surface area contributed by atoms with Crippen molar-refractivity contribution in [1.29, 1.82) is 0 Å². The Labute approximate surface area is 106 Å². The zero-order chi connectivity index (χ0) is 13.1. The van der Waals surface area contributed by atoms with E-state index in [9.17, 15) is 4.79 Å². The Bertz CT molecular complexity index is 255. The van der Waals surface area contributed by atoms with Gasteiger partial charge in [0.1, 0.15) is 0 Å². The summed E-state index contributed by atoms with van der Waals surface area (Å²) in [4.78, 5) is 13.3. The first-order valence-electron chi connectivity index (χ1n) is 6.76. The van der Waals surface area contributed by atoms with E-state index in [-0.39, 0.29) is 5.91 Å². The number of rotatable bonds is 3. The quantitative estimate of drug-likeness (QED) is 0.821. The largest absolute Gasteiger partial charge is 0.348 e. The first-order chi connectivity index (χ1) is 7.82. The third-order valence-corrected chi connectivity index (χ3v) is 3.89. The van der Waals surface area contributed by atoms with E-state index in [0.29, 0.717) is 23.9 Å². The van der Waals surface area contributed by atoms with Gasteiger partial charge in [-0.3, -0.25) is 4.79 Å². The van der Waals surface area contributed by atoms with Gasteiger partial charge in [0, 0.05) is 20.1 Å². The molecule has 3 nitrogen and oxygen atoms in total. The van der Waals surface area contributed by atoms with Crippen molar-refractivity contribution >= 4 is 5.91 Å². The van der Waals surface area contributed by atoms with Crippen LogP contribution in [0.25, 0.3) is 0 Å². The van der Waals surface area contributed by atoms with E-state index >= 15 is 0 Å². The number of carbonyl (C=O) groups is 1. The maximum atomic E-state index is 11.6. The molecule has 0 unspecified atom stereocenters. The fraction of sp³-hybridized carbons (Fsp3) is 0.929. The van der Waals surface area contributed by atoms with E-state index in [0.717, 1.165) is 0 Å². The molecule has 0 aromatic rings. The minimum Gasteiger partial charge on any atom is -0.348 e. The van der Waals surface area contributed by atoms with Crippen LogP contribution >= 0.6 is 0 Å². The molecule has 0 aromatic heterocycles. The number of carbonyl (C=O) groups excluding carboxylic acids is 1. The van der Waals surface area contributed by atoms with Crippen molar-refractivity contribution in [3.05, 3.63) is 0 Å². The van der Waals surface area contributed by atoms with Gasteiger partial charge in [-0.2, -0.15) is 0 Å². The predicted molar refractivity (Wildman–Crippen MR) is 71.9 cm³/mol. The monoisotopic (exact) mass is 240 g/mol. The SMILES string of the molecule is CN(C)C(=O)CN[C@H]1CCCC[C@@H]1C(C)(C)C. The first-order valence-corrected chi connectivity index (χ1v) is 6.76. The highest BCUT2D eigenvalue weighted by molar-refractivity contribution is 5.77. The van der Waals surface area contributed by atoms with Crippen molar-refractivity contribution in [2.45, 2.75) is 52.5 Å². The second-order valence-electron chi connectivity index (χ2n) is 6.53. The summed E-state index contributed by atoms with van der Waals surface area (Å²) < 4.78 is 0. The van der Waals surface area contributed by atoms with Crippen LogP contribution in [0.5, 0.6) is 0 Å². The summed E-state index contributed by atoms with van der Waals surface area (Å²) in [6.45, 7) is 7.41. The van der Waals surface area contributed by atoms with Gasteiger partial charge in [0.25, 0.3) is 0 Å². The minimum atomic E-state index is 0.170. The maximum Gasteiger partial charge on any atom is 0.236 e. The lowest BCUT2D eigenvalue weighted by Gasteiger charge is -2.41. The average molecular weight is 240 g/mol. The number of nitrogens with one attached hydrogen (secondary N) is 1. The number of likely N-dealkylation sites (N-methyl/N-ethyl adjacent to an activating group) is 1. The highest BCUT2D eigenvalue weighted by Gasteiger charge is 2.33. The number of hydrogen-bond acceptors (Lipinski definition) is 2. The highest BCUT2D eigenvalue weighted by Crippen LogP contribution is 2.37. The normalized spacial score (nSPS) is 25.7. The third-order valence-electron chi connectivity index (χ3n) is 3.89. The molecule has 0 bridgehead atoms. The van der Waals surface area contributed by atoms with Gasteiger partial charge in [-0.1, -0.05) is 33.6 Å². The van der Waals surface area contributed by atoms with Crippen LogP contribution in [0.2, 0.25) is 0 Å². The van der Waals surface area contributed by atoms with Crippen LogP contribution in [0.15, 0.2) is 0 Å². The minimum absolute atomic E-state index is 0.170. The van der Waals surface area contributed by atoms with E-state index in [4.69, 9.17) is 0 Å².